The molecule has 1 amide bonds. The van der Waals surface area contributed by atoms with Crippen LogP contribution in [0.3, 0.4) is 0 Å². The lowest BCUT2D eigenvalue weighted by molar-refractivity contribution is 0.0943. The van der Waals surface area contributed by atoms with Crippen molar-refractivity contribution in [2.24, 2.45) is 7.05 Å². The van der Waals surface area contributed by atoms with Crippen LogP contribution in [0.15, 0.2) is 30.5 Å². The van der Waals surface area contributed by atoms with Crippen molar-refractivity contribution in [2.75, 3.05) is 5.32 Å². The molecule has 0 spiro atoms. The van der Waals surface area contributed by atoms with Gasteiger partial charge in [0.25, 0.3) is 5.91 Å². The van der Waals surface area contributed by atoms with Gasteiger partial charge in [0.2, 0.25) is 0 Å². The molecule has 1 aromatic heterocycles. The van der Waals surface area contributed by atoms with Gasteiger partial charge in [0.15, 0.2) is 0 Å². The number of anilines is 1. The van der Waals surface area contributed by atoms with E-state index in [-0.39, 0.29) is 11.9 Å². The second kappa shape index (κ2) is 6.43. The van der Waals surface area contributed by atoms with Crippen molar-refractivity contribution in [3.8, 4) is 0 Å². The van der Waals surface area contributed by atoms with Crippen molar-refractivity contribution < 1.29 is 4.79 Å². The predicted molar refractivity (Wildman–Crippen MR) is 84.3 cm³/mol. The van der Waals surface area contributed by atoms with Gasteiger partial charge in [0, 0.05) is 42.1 Å². The lowest BCUT2D eigenvalue weighted by Gasteiger charge is -2.10. The van der Waals surface area contributed by atoms with Gasteiger partial charge in [-0.2, -0.15) is 5.10 Å². The topological polar surface area (TPSA) is 59.0 Å². The Kier molecular flexibility index (Phi) is 4.62. The average Bonchev–Trinajstić information content (AvgIpc) is 2.76. The number of hydrogen-bond acceptors (Lipinski definition) is 3. The van der Waals surface area contributed by atoms with Crippen molar-refractivity contribution >= 4 is 11.6 Å². The van der Waals surface area contributed by atoms with Crippen molar-refractivity contribution in [3.63, 3.8) is 0 Å². The van der Waals surface area contributed by atoms with E-state index >= 15 is 0 Å². The van der Waals surface area contributed by atoms with E-state index in [0.29, 0.717) is 5.56 Å². The zero-order valence-corrected chi connectivity index (χ0v) is 13.0. The zero-order chi connectivity index (χ0) is 15.4. The van der Waals surface area contributed by atoms with E-state index in [9.17, 15) is 4.79 Å². The van der Waals surface area contributed by atoms with Gasteiger partial charge in [0.05, 0.1) is 6.20 Å². The van der Waals surface area contributed by atoms with Crippen LogP contribution in [-0.4, -0.2) is 21.7 Å². The summed E-state index contributed by atoms with van der Waals surface area (Å²) in [6, 6.07) is 7.64. The number of aromatic nitrogens is 2. The van der Waals surface area contributed by atoms with Crippen molar-refractivity contribution in [2.45, 2.75) is 33.4 Å². The largest absolute Gasteiger partial charge is 0.381 e. The van der Waals surface area contributed by atoms with Crippen molar-refractivity contribution in [1.29, 1.82) is 0 Å². The van der Waals surface area contributed by atoms with Gasteiger partial charge >= 0.3 is 0 Å². The minimum absolute atomic E-state index is 0.0420. The molecule has 2 aromatic rings. The summed E-state index contributed by atoms with van der Waals surface area (Å²) >= 11 is 0. The Hall–Kier alpha value is -2.30. The maximum absolute atomic E-state index is 11.9. The molecule has 0 bridgehead atoms. The molecule has 0 unspecified atom stereocenters. The summed E-state index contributed by atoms with van der Waals surface area (Å²) in [5.74, 6) is -0.0420. The third-order valence-corrected chi connectivity index (χ3v) is 3.39. The van der Waals surface area contributed by atoms with Crippen LogP contribution >= 0.6 is 0 Å². The normalized spacial score (nSPS) is 10.7. The van der Waals surface area contributed by atoms with Gasteiger partial charge < -0.3 is 10.6 Å². The fraction of sp³-hybridized carbons (Fsp3) is 0.375. The van der Waals surface area contributed by atoms with Crippen LogP contribution in [0.1, 0.15) is 35.5 Å². The minimum Gasteiger partial charge on any atom is -0.381 e. The fourth-order valence-corrected chi connectivity index (χ4v) is 2.00. The number of rotatable bonds is 5. The smallest absolute Gasteiger partial charge is 0.251 e. The Morgan fingerprint density at radius 1 is 1.29 bits per heavy atom. The summed E-state index contributed by atoms with van der Waals surface area (Å²) < 4.78 is 1.86. The minimum atomic E-state index is -0.0420. The molecule has 5 heteroatoms. The molecule has 0 radical (unpaired) electrons. The van der Waals surface area contributed by atoms with Gasteiger partial charge in [-0.25, -0.2) is 0 Å². The van der Waals surface area contributed by atoms with Gasteiger partial charge in [-0.3, -0.25) is 9.48 Å². The van der Waals surface area contributed by atoms with E-state index in [0.717, 1.165) is 17.9 Å². The molecule has 0 fully saturated rings. The number of benzene rings is 1. The predicted octanol–water partition coefficient (Wildman–Crippen LogP) is 2.48. The van der Waals surface area contributed by atoms with Crippen molar-refractivity contribution in [1.82, 2.24) is 15.1 Å². The lowest BCUT2D eigenvalue weighted by atomic mass is 10.1. The van der Waals surface area contributed by atoms with E-state index in [1.165, 1.54) is 5.56 Å². The zero-order valence-electron chi connectivity index (χ0n) is 13.0. The third kappa shape index (κ3) is 3.84. The molecule has 1 heterocycles. The first-order chi connectivity index (χ1) is 9.97. The Bertz CT molecular complexity index is 614. The summed E-state index contributed by atoms with van der Waals surface area (Å²) in [5, 5.41) is 10.4. The molecule has 1 aromatic carbocycles. The number of nitrogens with zero attached hydrogens (tertiary/aromatic N) is 2. The third-order valence-electron chi connectivity index (χ3n) is 3.39. The molecule has 2 N–H and O–H groups in total. The number of carbonyl (C=O) groups excluding carboxylic acids is 1. The number of hydrogen-bond donors (Lipinski definition) is 2. The Morgan fingerprint density at radius 3 is 2.48 bits per heavy atom. The van der Waals surface area contributed by atoms with Crippen LogP contribution in [-0.2, 0) is 13.6 Å². The Labute approximate surface area is 125 Å². The molecule has 112 valence electrons. The van der Waals surface area contributed by atoms with Gasteiger partial charge in [-0.05, 0) is 45.0 Å². The molecule has 0 saturated carbocycles. The lowest BCUT2D eigenvalue weighted by Crippen LogP contribution is -2.29. The second-order valence-corrected chi connectivity index (χ2v) is 5.44. The van der Waals surface area contributed by atoms with Crippen LogP contribution in [0.2, 0.25) is 0 Å². The summed E-state index contributed by atoms with van der Waals surface area (Å²) in [6.07, 6.45) is 1.87. The summed E-state index contributed by atoms with van der Waals surface area (Å²) in [5.41, 5.74) is 3.97. The number of nitrogens with one attached hydrogen (secondary N) is 2. The molecule has 0 aliphatic carbocycles. The SMILES string of the molecule is Cc1c(CNc2ccc(C(=O)NC(C)C)cc2)cnn1C. The van der Waals surface area contributed by atoms with Crippen LogP contribution in [0, 0.1) is 6.92 Å². The van der Waals surface area contributed by atoms with Crippen LogP contribution in [0.5, 0.6) is 0 Å². The van der Waals surface area contributed by atoms with E-state index < -0.39 is 0 Å². The highest BCUT2D eigenvalue weighted by Gasteiger charge is 2.07. The summed E-state index contributed by atoms with van der Waals surface area (Å²) in [4.78, 5) is 11.9. The van der Waals surface area contributed by atoms with Gasteiger partial charge in [-0.15, -0.1) is 0 Å². The quantitative estimate of drug-likeness (QED) is 0.887. The Balaban J connectivity index is 1.96. The number of amides is 1. The molecular weight excluding hydrogens is 264 g/mol. The number of carbonyl (C=O) groups is 1. The maximum atomic E-state index is 11.9. The summed E-state index contributed by atoms with van der Waals surface area (Å²) in [6.45, 7) is 6.66. The molecule has 5 nitrogen and oxygen atoms in total. The number of aryl methyl sites for hydroxylation is 1. The van der Waals surface area contributed by atoms with E-state index in [1.54, 1.807) is 0 Å². The second-order valence-electron chi connectivity index (χ2n) is 5.44. The van der Waals surface area contributed by atoms with E-state index in [2.05, 4.69) is 15.7 Å². The molecule has 0 saturated heterocycles. The molecule has 21 heavy (non-hydrogen) atoms. The molecule has 0 atom stereocenters. The van der Waals surface area contributed by atoms with E-state index in [4.69, 9.17) is 0 Å². The van der Waals surface area contributed by atoms with Crippen molar-refractivity contribution in [3.05, 3.63) is 47.3 Å². The van der Waals surface area contributed by atoms with Crippen LogP contribution in [0.4, 0.5) is 5.69 Å². The van der Waals surface area contributed by atoms with Gasteiger partial charge in [0.1, 0.15) is 0 Å². The molecule has 0 aliphatic rings. The fourth-order valence-electron chi connectivity index (χ4n) is 2.00. The highest BCUT2D eigenvalue weighted by molar-refractivity contribution is 5.94. The molecule has 2 rings (SSSR count). The van der Waals surface area contributed by atoms with Gasteiger partial charge in [-0.1, -0.05) is 0 Å². The molecular formula is C16H22N4O. The first kappa shape index (κ1) is 15.1. The maximum Gasteiger partial charge on any atom is 0.251 e. The highest BCUT2D eigenvalue weighted by Crippen LogP contribution is 2.13. The molecule has 0 aliphatic heterocycles. The summed E-state index contributed by atoms with van der Waals surface area (Å²) in [7, 11) is 1.93. The first-order valence-corrected chi connectivity index (χ1v) is 7.09. The van der Waals surface area contributed by atoms with E-state index in [1.807, 2.05) is 63.0 Å². The monoisotopic (exact) mass is 286 g/mol. The average molecular weight is 286 g/mol. The Morgan fingerprint density at radius 2 is 1.95 bits per heavy atom. The highest BCUT2D eigenvalue weighted by atomic mass is 16.1. The standard InChI is InChI=1S/C16H22N4O/c1-11(2)19-16(21)13-5-7-15(8-6-13)17-9-14-10-18-20(4)12(14)3/h5-8,10-11,17H,9H2,1-4H3,(H,19,21). The van der Waals surface area contributed by atoms with Crippen LogP contribution in [0.25, 0.3) is 0 Å². The first-order valence-electron chi connectivity index (χ1n) is 7.09. The van der Waals surface area contributed by atoms with Crippen LogP contribution < -0.4 is 10.6 Å².